The molecule has 92 valence electrons. The number of Topliss-reactive ketones (excluding diaryl/α,β-unsaturated/α-hetero) is 1. The summed E-state index contributed by atoms with van der Waals surface area (Å²) in [7, 11) is 0. The van der Waals surface area contributed by atoms with Crippen molar-refractivity contribution in [3.63, 3.8) is 0 Å². The smallest absolute Gasteiger partial charge is 0.290 e. The van der Waals surface area contributed by atoms with Gasteiger partial charge in [0.2, 0.25) is 11.7 Å². The second-order valence-electron chi connectivity index (χ2n) is 4.91. The van der Waals surface area contributed by atoms with Crippen molar-refractivity contribution in [1.29, 1.82) is 0 Å². The van der Waals surface area contributed by atoms with Crippen LogP contribution in [0, 0.1) is 5.41 Å². The number of unbranched alkanes of at least 4 members (excludes halogenated alkanes) is 2. The molecule has 2 amide bonds. The van der Waals surface area contributed by atoms with E-state index < -0.39 is 17.1 Å². The predicted octanol–water partition coefficient (Wildman–Crippen LogP) is 1.82. The highest BCUT2D eigenvalue weighted by molar-refractivity contribution is 6.40. The van der Waals surface area contributed by atoms with Gasteiger partial charge >= 0.3 is 0 Å². The molecule has 0 saturated heterocycles. The summed E-state index contributed by atoms with van der Waals surface area (Å²) < 4.78 is 0. The van der Waals surface area contributed by atoms with Gasteiger partial charge in [0.1, 0.15) is 0 Å². The van der Waals surface area contributed by atoms with Crippen LogP contribution in [-0.4, -0.2) is 17.6 Å². The summed E-state index contributed by atoms with van der Waals surface area (Å²) >= 11 is 0. The van der Waals surface area contributed by atoms with Gasteiger partial charge in [-0.25, -0.2) is 0 Å². The summed E-state index contributed by atoms with van der Waals surface area (Å²) in [6, 6.07) is 0. The molecule has 0 aliphatic rings. The van der Waals surface area contributed by atoms with E-state index in [-0.39, 0.29) is 5.91 Å². The third-order valence-corrected chi connectivity index (χ3v) is 2.15. The fourth-order valence-corrected chi connectivity index (χ4v) is 1.12. The first-order chi connectivity index (χ1) is 7.29. The second kappa shape index (κ2) is 6.40. The van der Waals surface area contributed by atoms with E-state index >= 15 is 0 Å². The lowest BCUT2D eigenvalue weighted by Gasteiger charge is -2.15. The Kier molecular flexibility index (Phi) is 5.93. The average molecular weight is 227 g/mol. The van der Waals surface area contributed by atoms with Crippen LogP contribution in [0.5, 0.6) is 0 Å². The normalized spacial score (nSPS) is 11.0. The van der Waals surface area contributed by atoms with E-state index in [2.05, 4.69) is 5.32 Å². The Labute approximate surface area is 96.8 Å². The van der Waals surface area contributed by atoms with Gasteiger partial charge in [0.05, 0.1) is 0 Å². The zero-order valence-electron chi connectivity index (χ0n) is 10.6. The van der Waals surface area contributed by atoms with Crippen molar-refractivity contribution in [3.05, 3.63) is 0 Å². The van der Waals surface area contributed by atoms with Crippen LogP contribution in [0.25, 0.3) is 0 Å². The van der Waals surface area contributed by atoms with Gasteiger partial charge in [0.15, 0.2) is 0 Å². The molecule has 0 radical (unpaired) electrons. The summed E-state index contributed by atoms with van der Waals surface area (Å²) in [6.07, 6.45) is 3.02. The number of carbonyl (C=O) groups excluding carboxylic acids is 3. The minimum Gasteiger partial charge on any atom is -0.290 e. The van der Waals surface area contributed by atoms with E-state index in [4.69, 9.17) is 0 Å². The van der Waals surface area contributed by atoms with Crippen LogP contribution in [0.15, 0.2) is 0 Å². The molecule has 0 bridgehead atoms. The number of hydrogen-bond donors (Lipinski definition) is 1. The Hall–Kier alpha value is -1.19. The molecule has 0 aliphatic heterocycles. The Morgan fingerprint density at radius 2 is 1.62 bits per heavy atom. The lowest BCUT2D eigenvalue weighted by molar-refractivity contribution is -0.144. The van der Waals surface area contributed by atoms with Crippen LogP contribution in [0.3, 0.4) is 0 Å². The van der Waals surface area contributed by atoms with E-state index in [0.29, 0.717) is 6.42 Å². The van der Waals surface area contributed by atoms with E-state index in [1.165, 1.54) is 0 Å². The average Bonchev–Trinajstić information content (AvgIpc) is 2.15. The molecule has 0 aromatic rings. The quantitative estimate of drug-likeness (QED) is 0.575. The van der Waals surface area contributed by atoms with Crippen molar-refractivity contribution in [2.45, 2.75) is 53.4 Å². The molecule has 4 nitrogen and oxygen atoms in total. The van der Waals surface area contributed by atoms with Gasteiger partial charge in [-0.05, 0) is 6.42 Å². The minimum absolute atomic E-state index is 0.303. The van der Waals surface area contributed by atoms with Gasteiger partial charge < -0.3 is 0 Å². The van der Waals surface area contributed by atoms with Crippen molar-refractivity contribution in [2.75, 3.05) is 0 Å². The molecular formula is C12H21NO3. The summed E-state index contributed by atoms with van der Waals surface area (Å²) in [5.41, 5.74) is -0.742. The van der Waals surface area contributed by atoms with Gasteiger partial charge in [-0.3, -0.25) is 19.7 Å². The lowest BCUT2D eigenvalue weighted by atomic mass is 9.90. The summed E-state index contributed by atoms with van der Waals surface area (Å²) in [6.45, 7) is 6.98. The van der Waals surface area contributed by atoms with Crippen LogP contribution >= 0.6 is 0 Å². The van der Waals surface area contributed by atoms with Crippen LogP contribution in [0.1, 0.15) is 53.4 Å². The Balaban J connectivity index is 4.06. The number of hydrogen-bond acceptors (Lipinski definition) is 3. The first kappa shape index (κ1) is 14.8. The Morgan fingerprint density at radius 3 is 2.06 bits per heavy atom. The molecule has 0 aromatic carbocycles. The monoisotopic (exact) mass is 227 g/mol. The molecule has 0 spiro atoms. The SMILES string of the molecule is CCCCCC(=O)NC(=O)C(=O)C(C)(C)C. The molecule has 0 saturated carbocycles. The number of imide groups is 1. The summed E-state index contributed by atoms with van der Waals surface area (Å²) in [5.74, 6) is -1.72. The third kappa shape index (κ3) is 5.63. The number of carbonyl (C=O) groups is 3. The van der Waals surface area contributed by atoms with E-state index in [9.17, 15) is 14.4 Å². The zero-order chi connectivity index (χ0) is 12.8. The third-order valence-electron chi connectivity index (χ3n) is 2.15. The molecule has 0 unspecified atom stereocenters. The van der Waals surface area contributed by atoms with Crippen molar-refractivity contribution >= 4 is 17.6 Å². The van der Waals surface area contributed by atoms with Gasteiger partial charge in [0.25, 0.3) is 5.91 Å². The summed E-state index contributed by atoms with van der Waals surface area (Å²) in [5, 5.41) is 2.12. The molecule has 1 N–H and O–H groups in total. The maximum absolute atomic E-state index is 11.5. The molecule has 0 fully saturated rings. The molecule has 0 aromatic heterocycles. The topological polar surface area (TPSA) is 63.2 Å². The largest absolute Gasteiger partial charge is 0.294 e. The van der Waals surface area contributed by atoms with Crippen LogP contribution < -0.4 is 5.32 Å². The number of rotatable bonds is 5. The number of nitrogens with one attached hydrogen (secondary N) is 1. The summed E-state index contributed by atoms with van der Waals surface area (Å²) in [4.78, 5) is 34.1. The van der Waals surface area contributed by atoms with Crippen LogP contribution in [0.4, 0.5) is 0 Å². The number of amides is 2. The highest BCUT2D eigenvalue weighted by Gasteiger charge is 2.28. The standard InChI is InChI=1S/C12H21NO3/c1-5-6-7-8-9(14)13-11(16)10(15)12(2,3)4/h5-8H2,1-4H3,(H,13,14,16). The van der Waals surface area contributed by atoms with E-state index in [1.54, 1.807) is 20.8 Å². The first-order valence-corrected chi connectivity index (χ1v) is 5.67. The number of ketones is 1. The molecular weight excluding hydrogens is 206 g/mol. The minimum atomic E-state index is -0.797. The van der Waals surface area contributed by atoms with E-state index in [0.717, 1.165) is 19.3 Å². The maximum atomic E-state index is 11.5. The van der Waals surface area contributed by atoms with Crippen molar-refractivity contribution < 1.29 is 14.4 Å². The fraction of sp³-hybridized carbons (Fsp3) is 0.750. The molecule has 0 aliphatic carbocycles. The highest BCUT2D eigenvalue weighted by atomic mass is 16.2. The van der Waals surface area contributed by atoms with E-state index in [1.807, 2.05) is 6.92 Å². The fourth-order valence-electron chi connectivity index (χ4n) is 1.12. The molecule has 4 heteroatoms. The zero-order valence-corrected chi connectivity index (χ0v) is 10.6. The predicted molar refractivity (Wildman–Crippen MR) is 61.8 cm³/mol. The molecule has 0 atom stereocenters. The van der Waals surface area contributed by atoms with Gasteiger partial charge in [0, 0.05) is 11.8 Å². The Bertz CT molecular complexity index is 276. The van der Waals surface area contributed by atoms with Gasteiger partial charge in [-0.15, -0.1) is 0 Å². The van der Waals surface area contributed by atoms with Crippen molar-refractivity contribution in [1.82, 2.24) is 5.32 Å². The maximum Gasteiger partial charge on any atom is 0.294 e. The van der Waals surface area contributed by atoms with Crippen molar-refractivity contribution in [3.8, 4) is 0 Å². The van der Waals surface area contributed by atoms with Gasteiger partial charge in [-0.2, -0.15) is 0 Å². The molecule has 16 heavy (non-hydrogen) atoms. The van der Waals surface area contributed by atoms with Gasteiger partial charge in [-0.1, -0.05) is 40.5 Å². The van der Waals surface area contributed by atoms with Crippen LogP contribution in [0.2, 0.25) is 0 Å². The second-order valence-corrected chi connectivity index (χ2v) is 4.91. The van der Waals surface area contributed by atoms with Crippen molar-refractivity contribution in [2.24, 2.45) is 5.41 Å². The first-order valence-electron chi connectivity index (χ1n) is 5.67. The Morgan fingerprint density at radius 1 is 1.06 bits per heavy atom. The molecule has 0 rings (SSSR count). The highest BCUT2D eigenvalue weighted by Crippen LogP contribution is 2.14. The lowest BCUT2D eigenvalue weighted by Crippen LogP contribution is -2.41. The molecule has 0 heterocycles. The van der Waals surface area contributed by atoms with Crippen LogP contribution in [-0.2, 0) is 14.4 Å².